The molecular formula is C11H14FN3O2S. The molecule has 0 bridgehead atoms. The number of hydrazine groups is 1. The number of benzene rings is 1. The van der Waals surface area contributed by atoms with Crippen molar-refractivity contribution in [2.45, 2.75) is 0 Å². The van der Waals surface area contributed by atoms with Gasteiger partial charge in [0.15, 0.2) is 5.11 Å². The van der Waals surface area contributed by atoms with Crippen LogP contribution in [0.3, 0.4) is 0 Å². The summed E-state index contributed by atoms with van der Waals surface area (Å²) in [5.41, 5.74) is 5.25. The van der Waals surface area contributed by atoms with E-state index in [-0.39, 0.29) is 5.11 Å². The number of methoxy groups -OCH3 is 1. The van der Waals surface area contributed by atoms with E-state index in [1.165, 1.54) is 24.3 Å². The van der Waals surface area contributed by atoms with Crippen molar-refractivity contribution in [1.82, 2.24) is 16.2 Å². The third-order valence-corrected chi connectivity index (χ3v) is 2.23. The van der Waals surface area contributed by atoms with Crippen LogP contribution in [0, 0.1) is 5.82 Å². The summed E-state index contributed by atoms with van der Waals surface area (Å²) in [4.78, 5) is 11.6. The van der Waals surface area contributed by atoms with E-state index in [2.05, 4.69) is 16.2 Å². The average Bonchev–Trinajstić information content (AvgIpc) is 2.37. The number of nitrogens with one attached hydrogen (secondary N) is 3. The highest BCUT2D eigenvalue weighted by molar-refractivity contribution is 7.80. The van der Waals surface area contributed by atoms with Crippen molar-refractivity contribution in [3.8, 4) is 0 Å². The van der Waals surface area contributed by atoms with Gasteiger partial charge in [-0.1, -0.05) is 0 Å². The highest BCUT2D eigenvalue weighted by Gasteiger charge is 2.05. The zero-order valence-electron chi connectivity index (χ0n) is 9.83. The molecule has 1 aromatic rings. The Morgan fingerprint density at radius 1 is 1.33 bits per heavy atom. The minimum absolute atomic E-state index is 0.280. The van der Waals surface area contributed by atoms with Crippen LogP contribution in [0.2, 0.25) is 0 Å². The van der Waals surface area contributed by atoms with Crippen molar-refractivity contribution in [1.29, 1.82) is 0 Å². The minimum atomic E-state index is -0.397. The first-order chi connectivity index (χ1) is 8.63. The maximum atomic E-state index is 12.6. The van der Waals surface area contributed by atoms with E-state index in [4.69, 9.17) is 17.0 Å². The lowest BCUT2D eigenvalue weighted by Crippen LogP contribution is -2.47. The second kappa shape index (κ2) is 7.57. The number of halogens is 1. The molecule has 0 aliphatic heterocycles. The van der Waals surface area contributed by atoms with E-state index < -0.39 is 11.7 Å². The molecule has 0 heterocycles. The van der Waals surface area contributed by atoms with Crippen LogP contribution in [0.25, 0.3) is 0 Å². The van der Waals surface area contributed by atoms with Gasteiger partial charge in [-0.2, -0.15) is 0 Å². The maximum Gasteiger partial charge on any atom is 0.269 e. The molecule has 1 amide bonds. The fraction of sp³-hybridized carbons (Fsp3) is 0.273. The van der Waals surface area contributed by atoms with Crippen LogP contribution in [-0.2, 0) is 4.74 Å². The normalized spacial score (nSPS) is 9.67. The summed E-state index contributed by atoms with van der Waals surface area (Å²) in [5, 5.41) is 3.10. The predicted octanol–water partition coefficient (Wildman–Crippen LogP) is 0.581. The Labute approximate surface area is 110 Å². The monoisotopic (exact) mass is 271 g/mol. The van der Waals surface area contributed by atoms with Gasteiger partial charge in [-0.05, 0) is 36.5 Å². The summed E-state index contributed by atoms with van der Waals surface area (Å²) in [6, 6.07) is 5.19. The first-order valence-corrected chi connectivity index (χ1v) is 5.63. The van der Waals surface area contributed by atoms with Crippen LogP contribution in [0.15, 0.2) is 24.3 Å². The molecule has 5 nitrogen and oxygen atoms in total. The highest BCUT2D eigenvalue weighted by atomic mass is 32.1. The van der Waals surface area contributed by atoms with Crippen LogP contribution in [0.5, 0.6) is 0 Å². The fourth-order valence-electron chi connectivity index (χ4n) is 1.10. The molecule has 0 atom stereocenters. The number of carbonyl (C=O) groups is 1. The van der Waals surface area contributed by atoms with E-state index in [0.717, 1.165) is 0 Å². The van der Waals surface area contributed by atoms with Gasteiger partial charge in [-0.3, -0.25) is 15.6 Å². The SMILES string of the molecule is COCCNC(=S)NNC(=O)c1ccc(F)cc1. The van der Waals surface area contributed by atoms with Gasteiger partial charge in [-0.25, -0.2) is 4.39 Å². The molecule has 1 rings (SSSR count). The Kier molecular flexibility index (Phi) is 6.03. The van der Waals surface area contributed by atoms with Crippen molar-refractivity contribution >= 4 is 23.2 Å². The highest BCUT2D eigenvalue weighted by Crippen LogP contribution is 2.01. The Morgan fingerprint density at radius 2 is 2.00 bits per heavy atom. The summed E-state index contributed by atoms with van der Waals surface area (Å²) >= 11 is 4.90. The average molecular weight is 271 g/mol. The number of ether oxygens (including phenoxy) is 1. The van der Waals surface area contributed by atoms with Gasteiger partial charge in [0.05, 0.1) is 6.61 Å². The molecule has 0 saturated carbocycles. The summed E-state index contributed by atoms with van der Waals surface area (Å²) < 4.78 is 17.5. The molecule has 3 N–H and O–H groups in total. The molecule has 0 fully saturated rings. The molecule has 0 aromatic heterocycles. The summed E-state index contributed by atoms with van der Waals surface area (Å²) in [6.07, 6.45) is 0. The van der Waals surface area contributed by atoms with Crippen LogP contribution in [0.4, 0.5) is 4.39 Å². The van der Waals surface area contributed by atoms with Crippen molar-refractivity contribution < 1.29 is 13.9 Å². The molecule has 0 aliphatic rings. The van der Waals surface area contributed by atoms with Gasteiger partial charge in [0.1, 0.15) is 5.82 Å². The van der Waals surface area contributed by atoms with Crippen LogP contribution in [-0.4, -0.2) is 31.3 Å². The summed E-state index contributed by atoms with van der Waals surface area (Å²) in [7, 11) is 1.58. The Bertz CT molecular complexity index is 411. The predicted molar refractivity (Wildman–Crippen MR) is 69.5 cm³/mol. The number of carbonyl (C=O) groups excluding carboxylic acids is 1. The standard InChI is InChI=1S/C11H14FN3O2S/c1-17-7-6-13-11(18)15-14-10(16)8-2-4-9(12)5-3-8/h2-5H,6-7H2,1H3,(H,14,16)(H2,13,15,18). The maximum absolute atomic E-state index is 12.6. The number of amides is 1. The number of thiocarbonyl (C=S) groups is 1. The van der Waals surface area contributed by atoms with E-state index in [1.807, 2.05) is 0 Å². The van der Waals surface area contributed by atoms with Gasteiger partial charge in [0.2, 0.25) is 0 Å². The van der Waals surface area contributed by atoms with Crippen LogP contribution >= 0.6 is 12.2 Å². The number of hydrogen-bond donors (Lipinski definition) is 3. The van der Waals surface area contributed by atoms with Crippen molar-refractivity contribution in [2.75, 3.05) is 20.3 Å². The van der Waals surface area contributed by atoms with E-state index in [9.17, 15) is 9.18 Å². The first-order valence-electron chi connectivity index (χ1n) is 5.22. The lowest BCUT2D eigenvalue weighted by atomic mass is 10.2. The molecule has 0 radical (unpaired) electrons. The van der Waals surface area contributed by atoms with Gasteiger partial charge >= 0.3 is 0 Å². The molecule has 98 valence electrons. The lowest BCUT2D eigenvalue weighted by Gasteiger charge is -2.11. The van der Waals surface area contributed by atoms with E-state index in [0.29, 0.717) is 18.7 Å². The van der Waals surface area contributed by atoms with Crippen molar-refractivity contribution in [2.24, 2.45) is 0 Å². The van der Waals surface area contributed by atoms with Crippen molar-refractivity contribution in [3.63, 3.8) is 0 Å². The third kappa shape index (κ3) is 5.07. The molecule has 1 aromatic carbocycles. The Balaban J connectivity index is 2.32. The smallest absolute Gasteiger partial charge is 0.269 e. The first kappa shape index (κ1) is 14.3. The Hall–Kier alpha value is -1.73. The quantitative estimate of drug-likeness (QED) is 0.425. The summed E-state index contributed by atoms with van der Waals surface area (Å²) in [6.45, 7) is 1.04. The molecular weight excluding hydrogens is 257 g/mol. The van der Waals surface area contributed by atoms with Crippen LogP contribution in [0.1, 0.15) is 10.4 Å². The molecule has 0 unspecified atom stereocenters. The Morgan fingerprint density at radius 3 is 2.61 bits per heavy atom. The van der Waals surface area contributed by atoms with Gasteiger partial charge < -0.3 is 10.1 Å². The number of rotatable bonds is 4. The summed E-state index contributed by atoms with van der Waals surface area (Å²) in [5.74, 6) is -0.790. The molecule has 0 saturated heterocycles. The molecule has 18 heavy (non-hydrogen) atoms. The van der Waals surface area contributed by atoms with Crippen LogP contribution < -0.4 is 16.2 Å². The van der Waals surface area contributed by atoms with Gasteiger partial charge in [0.25, 0.3) is 5.91 Å². The third-order valence-electron chi connectivity index (χ3n) is 1.99. The molecule has 7 heteroatoms. The minimum Gasteiger partial charge on any atom is -0.383 e. The second-order valence-electron chi connectivity index (χ2n) is 3.33. The lowest BCUT2D eigenvalue weighted by molar-refractivity contribution is 0.0943. The zero-order chi connectivity index (χ0) is 13.4. The topological polar surface area (TPSA) is 62.4 Å². The largest absolute Gasteiger partial charge is 0.383 e. The van der Waals surface area contributed by atoms with Gasteiger partial charge in [-0.15, -0.1) is 0 Å². The fourth-order valence-corrected chi connectivity index (χ4v) is 1.25. The van der Waals surface area contributed by atoms with Crippen molar-refractivity contribution in [3.05, 3.63) is 35.6 Å². The molecule has 0 spiro atoms. The van der Waals surface area contributed by atoms with E-state index >= 15 is 0 Å². The molecule has 0 aliphatic carbocycles. The van der Waals surface area contributed by atoms with E-state index in [1.54, 1.807) is 7.11 Å². The zero-order valence-corrected chi connectivity index (χ0v) is 10.6. The second-order valence-corrected chi connectivity index (χ2v) is 3.74. The van der Waals surface area contributed by atoms with Gasteiger partial charge in [0, 0.05) is 19.2 Å². The number of hydrogen-bond acceptors (Lipinski definition) is 3.